The minimum atomic E-state index is 1.25. The van der Waals surface area contributed by atoms with Gasteiger partial charge in [-0.1, -0.05) is 53.6 Å². The molecule has 0 fully saturated rings. The summed E-state index contributed by atoms with van der Waals surface area (Å²) < 4.78 is 2.31. The van der Waals surface area contributed by atoms with E-state index in [2.05, 4.69) is 105 Å². The van der Waals surface area contributed by atoms with Gasteiger partial charge in [-0.2, -0.15) is 4.57 Å². The Kier molecular flexibility index (Phi) is 4.08. The van der Waals surface area contributed by atoms with Crippen LogP contribution in [-0.4, -0.2) is 0 Å². The van der Waals surface area contributed by atoms with Crippen molar-refractivity contribution < 1.29 is 4.57 Å². The van der Waals surface area contributed by atoms with Crippen molar-refractivity contribution in [3.8, 4) is 22.4 Å². The van der Waals surface area contributed by atoms with Gasteiger partial charge in [-0.05, 0) is 55.7 Å². The molecule has 1 nitrogen and oxygen atoms in total. The molecule has 0 spiro atoms. The largest absolute Gasteiger partial charge is 0.213 e. The predicted molar refractivity (Wildman–Crippen MR) is 110 cm³/mol. The van der Waals surface area contributed by atoms with E-state index in [0.717, 1.165) is 0 Å². The summed E-state index contributed by atoms with van der Waals surface area (Å²) >= 11 is 0. The summed E-state index contributed by atoms with van der Waals surface area (Å²) in [6.45, 7) is 6.46. The first kappa shape index (κ1) is 16.5. The molecule has 4 aromatic rings. The van der Waals surface area contributed by atoms with Gasteiger partial charge in [0, 0.05) is 23.1 Å². The van der Waals surface area contributed by atoms with Gasteiger partial charge in [0.15, 0.2) is 0 Å². The molecule has 4 rings (SSSR count). The molecule has 1 heteroatoms. The third-order valence-corrected chi connectivity index (χ3v) is 5.23. The standard InChI is InChI=1S/C25H24N/c1-17-6-9-20(10-7-17)22-12-11-21-13-14-24(26(4)25(21)16-22)23-15-18(2)5-8-19(23)3/h5-16H,1-4H3/q+1. The van der Waals surface area contributed by atoms with Crippen LogP contribution < -0.4 is 4.57 Å². The Morgan fingerprint density at radius 1 is 0.615 bits per heavy atom. The summed E-state index contributed by atoms with van der Waals surface area (Å²) in [4.78, 5) is 0. The Labute approximate surface area is 155 Å². The second kappa shape index (κ2) is 6.42. The second-order valence-electron chi connectivity index (χ2n) is 7.24. The van der Waals surface area contributed by atoms with E-state index in [4.69, 9.17) is 0 Å². The average molecular weight is 338 g/mol. The summed E-state index contributed by atoms with van der Waals surface area (Å²) in [6, 6.07) is 26.6. The molecule has 0 aliphatic rings. The molecule has 0 N–H and O–H groups in total. The molecule has 1 aromatic heterocycles. The molecule has 1 heterocycles. The van der Waals surface area contributed by atoms with E-state index in [9.17, 15) is 0 Å². The van der Waals surface area contributed by atoms with Crippen LogP contribution in [0.3, 0.4) is 0 Å². The lowest BCUT2D eigenvalue weighted by Crippen LogP contribution is -2.32. The first-order chi connectivity index (χ1) is 12.5. The van der Waals surface area contributed by atoms with Crippen LogP contribution in [0.25, 0.3) is 33.3 Å². The van der Waals surface area contributed by atoms with Crippen LogP contribution in [0.5, 0.6) is 0 Å². The van der Waals surface area contributed by atoms with Crippen molar-refractivity contribution >= 4 is 10.9 Å². The third kappa shape index (κ3) is 2.90. The smallest absolute Gasteiger partial charge is 0.194 e. The first-order valence-electron chi connectivity index (χ1n) is 9.10. The van der Waals surface area contributed by atoms with Gasteiger partial charge in [-0.15, -0.1) is 0 Å². The highest BCUT2D eigenvalue weighted by Gasteiger charge is 2.16. The molecule has 0 radical (unpaired) electrons. The fraction of sp³-hybridized carbons (Fsp3) is 0.160. The topological polar surface area (TPSA) is 3.88 Å². The first-order valence-corrected chi connectivity index (χ1v) is 9.10. The monoisotopic (exact) mass is 338 g/mol. The quantitative estimate of drug-likeness (QED) is 0.399. The van der Waals surface area contributed by atoms with Crippen molar-refractivity contribution in [1.82, 2.24) is 0 Å². The molecule has 26 heavy (non-hydrogen) atoms. The Hall–Kier alpha value is -2.93. The average Bonchev–Trinajstić information content (AvgIpc) is 2.65. The maximum Gasteiger partial charge on any atom is 0.213 e. The molecule has 0 unspecified atom stereocenters. The highest BCUT2D eigenvalue weighted by atomic mass is 14.9. The summed E-state index contributed by atoms with van der Waals surface area (Å²) in [5.41, 5.74) is 10.2. The summed E-state index contributed by atoms with van der Waals surface area (Å²) in [5.74, 6) is 0. The number of hydrogen-bond acceptors (Lipinski definition) is 0. The number of fused-ring (bicyclic) bond motifs is 1. The van der Waals surface area contributed by atoms with Crippen molar-refractivity contribution in [3.05, 3.63) is 89.5 Å². The molecule has 0 aliphatic carbocycles. The maximum absolute atomic E-state index is 2.31. The van der Waals surface area contributed by atoms with Crippen LogP contribution in [0.1, 0.15) is 16.7 Å². The van der Waals surface area contributed by atoms with Gasteiger partial charge in [0.05, 0.1) is 0 Å². The molecular weight excluding hydrogens is 314 g/mol. The fourth-order valence-corrected chi connectivity index (χ4v) is 3.59. The van der Waals surface area contributed by atoms with Crippen molar-refractivity contribution in [3.63, 3.8) is 0 Å². The molecular formula is C25H24N+. The summed E-state index contributed by atoms with van der Waals surface area (Å²) in [6.07, 6.45) is 0. The molecule has 0 saturated heterocycles. The number of aryl methyl sites for hydroxylation is 4. The summed E-state index contributed by atoms with van der Waals surface area (Å²) in [5, 5.41) is 1.26. The molecule has 128 valence electrons. The van der Waals surface area contributed by atoms with E-state index in [1.165, 1.54) is 50.0 Å². The molecule has 0 atom stereocenters. The van der Waals surface area contributed by atoms with Crippen LogP contribution in [0.4, 0.5) is 0 Å². The lowest BCUT2D eigenvalue weighted by molar-refractivity contribution is -0.633. The van der Waals surface area contributed by atoms with Crippen LogP contribution >= 0.6 is 0 Å². The van der Waals surface area contributed by atoms with Gasteiger partial charge in [0.1, 0.15) is 7.05 Å². The van der Waals surface area contributed by atoms with E-state index in [1.807, 2.05) is 0 Å². The Morgan fingerprint density at radius 3 is 2.04 bits per heavy atom. The Morgan fingerprint density at radius 2 is 1.27 bits per heavy atom. The zero-order valence-electron chi connectivity index (χ0n) is 15.9. The van der Waals surface area contributed by atoms with E-state index < -0.39 is 0 Å². The van der Waals surface area contributed by atoms with Crippen LogP contribution in [0, 0.1) is 20.8 Å². The molecule has 0 bridgehead atoms. The summed E-state index contributed by atoms with van der Waals surface area (Å²) in [7, 11) is 2.17. The molecule has 0 amide bonds. The predicted octanol–water partition coefficient (Wildman–Crippen LogP) is 5.92. The highest BCUT2D eigenvalue weighted by Crippen LogP contribution is 2.27. The van der Waals surface area contributed by atoms with Crippen LogP contribution in [-0.2, 0) is 7.05 Å². The van der Waals surface area contributed by atoms with Gasteiger partial charge < -0.3 is 0 Å². The minimum Gasteiger partial charge on any atom is -0.194 e. The molecule has 0 aliphatic heterocycles. The second-order valence-corrected chi connectivity index (χ2v) is 7.24. The van der Waals surface area contributed by atoms with Gasteiger partial charge in [-0.3, -0.25) is 0 Å². The number of aromatic nitrogens is 1. The lowest BCUT2D eigenvalue weighted by Gasteiger charge is -2.09. The SMILES string of the molecule is Cc1ccc(-c2ccc3ccc(-c4cc(C)ccc4C)[n+](C)c3c2)cc1. The zero-order valence-corrected chi connectivity index (χ0v) is 15.9. The number of benzene rings is 3. The Bertz CT molecular complexity index is 1100. The van der Waals surface area contributed by atoms with Gasteiger partial charge >= 0.3 is 0 Å². The van der Waals surface area contributed by atoms with E-state index in [0.29, 0.717) is 0 Å². The Balaban J connectivity index is 1.91. The molecule has 0 saturated carbocycles. The van der Waals surface area contributed by atoms with Crippen molar-refractivity contribution in [2.45, 2.75) is 20.8 Å². The highest BCUT2D eigenvalue weighted by molar-refractivity contribution is 5.83. The normalized spacial score (nSPS) is 11.1. The van der Waals surface area contributed by atoms with Crippen molar-refractivity contribution in [2.75, 3.05) is 0 Å². The number of hydrogen-bond donors (Lipinski definition) is 0. The number of rotatable bonds is 2. The van der Waals surface area contributed by atoms with E-state index >= 15 is 0 Å². The number of nitrogens with zero attached hydrogens (tertiary/aromatic N) is 1. The number of pyridine rings is 1. The minimum absolute atomic E-state index is 1.25. The van der Waals surface area contributed by atoms with Crippen LogP contribution in [0.15, 0.2) is 72.8 Å². The maximum atomic E-state index is 2.31. The molecule has 3 aromatic carbocycles. The van der Waals surface area contributed by atoms with Crippen LogP contribution in [0.2, 0.25) is 0 Å². The van der Waals surface area contributed by atoms with Crippen molar-refractivity contribution in [1.29, 1.82) is 0 Å². The van der Waals surface area contributed by atoms with E-state index in [1.54, 1.807) is 0 Å². The fourth-order valence-electron chi connectivity index (χ4n) is 3.59. The lowest BCUT2D eigenvalue weighted by atomic mass is 9.99. The van der Waals surface area contributed by atoms with E-state index in [-0.39, 0.29) is 0 Å². The van der Waals surface area contributed by atoms with Gasteiger partial charge in [-0.25, -0.2) is 0 Å². The van der Waals surface area contributed by atoms with Gasteiger partial charge in [0.2, 0.25) is 11.2 Å². The third-order valence-electron chi connectivity index (χ3n) is 5.23. The van der Waals surface area contributed by atoms with Gasteiger partial charge in [0.25, 0.3) is 0 Å². The zero-order chi connectivity index (χ0) is 18.3. The van der Waals surface area contributed by atoms with Crippen molar-refractivity contribution in [2.24, 2.45) is 7.05 Å².